The fourth-order valence-electron chi connectivity index (χ4n) is 1.78. The average molecular weight is 247 g/mol. The highest BCUT2D eigenvalue weighted by molar-refractivity contribution is 5.96. The second-order valence-corrected chi connectivity index (χ2v) is 4.78. The Morgan fingerprint density at radius 1 is 1.17 bits per heavy atom. The van der Waals surface area contributed by atoms with E-state index >= 15 is 0 Å². The van der Waals surface area contributed by atoms with Crippen LogP contribution in [-0.4, -0.2) is 11.9 Å². The molecular formula is C16H23O2. The van der Waals surface area contributed by atoms with Crippen molar-refractivity contribution in [2.24, 2.45) is 0 Å². The minimum Gasteiger partial charge on any atom is -0.491 e. The van der Waals surface area contributed by atoms with Gasteiger partial charge in [-0.1, -0.05) is 26.2 Å². The van der Waals surface area contributed by atoms with Crippen molar-refractivity contribution in [3.63, 3.8) is 0 Å². The fraction of sp³-hybridized carbons (Fsp3) is 0.500. The van der Waals surface area contributed by atoms with Crippen molar-refractivity contribution in [1.29, 1.82) is 0 Å². The van der Waals surface area contributed by atoms with Gasteiger partial charge in [-0.2, -0.15) is 0 Å². The molecule has 0 unspecified atom stereocenters. The lowest BCUT2D eigenvalue weighted by Gasteiger charge is -2.09. The Bertz CT molecular complexity index is 352. The topological polar surface area (TPSA) is 26.3 Å². The van der Waals surface area contributed by atoms with Crippen LogP contribution < -0.4 is 4.74 Å². The molecule has 99 valence electrons. The quantitative estimate of drug-likeness (QED) is 0.501. The molecule has 0 spiro atoms. The summed E-state index contributed by atoms with van der Waals surface area (Å²) in [4.78, 5) is 11.9. The van der Waals surface area contributed by atoms with E-state index in [1.54, 1.807) is 0 Å². The van der Waals surface area contributed by atoms with E-state index in [1.165, 1.54) is 0 Å². The smallest absolute Gasteiger partial charge is 0.162 e. The predicted octanol–water partition coefficient (Wildman–Crippen LogP) is 4.44. The van der Waals surface area contributed by atoms with Crippen molar-refractivity contribution in [2.75, 3.05) is 0 Å². The van der Waals surface area contributed by atoms with Gasteiger partial charge in [0, 0.05) is 12.0 Å². The second-order valence-electron chi connectivity index (χ2n) is 4.78. The number of benzene rings is 1. The number of carbonyl (C=O) groups excluding carboxylic acids is 1. The van der Waals surface area contributed by atoms with Gasteiger partial charge in [0.2, 0.25) is 0 Å². The predicted molar refractivity (Wildman–Crippen MR) is 75.0 cm³/mol. The molecule has 0 amide bonds. The highest BCUT2D eigenvalue weighted by atomic mass is 16.5. The molecule has 0 bridgehead atoms. The van der Waals surface area contributed by atoms with Gasteiger partial charge in [0.15, 0.2) is 5.78 Å². The lowest BCUT2D eigenvalue weighted by Crippen LogP contribution is -2.06. The normalized spacial score (nSPS) is 10.7. The van der Waals surface area contributed by atoms with Gasteiger partial charge >= 0.3 is 0 Å². The molecule has 0 fully saturated rings. The Morgan fingerprint density at radius 3 is 2.39 bits per heavy atom. The molecule has 1 aromatic rings. The van der Waals surface area contributed by atoms with Crippen LogP contribution in [0.15, 0.2) is 24.3 Å². The van der Waals surface area contributed by atoms with Gasteiger partial charge in [-0.25, -0.2) is 0 Å². The number of hydrogen-bond donors (Lipinski definition) is 0. The summed E-state index contributed by atoms with van der Waals surface area (Å²) in [5.74, 6) is 1.04. The van der Waals surface area contributed by atoms with Crippen molar-refractivity contribution < 1.29 is 9.53 Å². The first-order valence-corrected chi connectivity index (χ1v) is 6.72. The largest absolute Gasteiger partial charge is 0.491 e. The number of ketones is 1. The maximum absolute atomic E-state index is 11.9. The number of carbonyl (C=O) groups is 1. The zero-order valence-electron chi connectivity index (χ0n) is 11.4. The molecule has 0 aliphatic rings. The summed E-state index contributed by atoms with van der Waals surface area (Å²) in [5, 5.41) is 0. The van der Waals surface area contributed by atoms with Crippen LogP contribution in [0.25, 0.3) is 0 Å². The van der Waals surface area contributed by atoms with Crippen LogP contribution in [0.3, 0.4) is 0 Å². The van der Waals surface area contributed by atoms with E-state index in [4.69, 9.17) is 4.74 Å². The molecule has 0 heterocycles. The number of Topliss-reactive ketones (excluding diaryl/α,β-unsaturated/α-hetero) is 1. The first kappa shape index (κ1) is 14.7. The molecule has 0 N–H and O–H groups in total. The van der Waals surface area contributed by atoms with E-state index in [9.17, 15) is 4.79 Å². The second kappa shape index (κ2) is 7.91. The number of rotatable bonds is 8. The first-order chi connectivity index (χ1) is 8.63. The van der Waals surface area contributed by atoms with Crippen LogP contribution in [0.2, 0.25) is 0 Å². The highest BCUT2D eigenvalue weighted by Gasteiger charge is 2.06. The summed E-state index contributed by atoms with van der Waals surface area (Å²) in [7, 11) is 0. The van der Waals surface area contributed by atoms with E-state index in [2.05, 4.69) is 6.92 Å². The third kappa shape index (κ3) is 5.35. The molecule has 0 aliphatic heterocycles. The van der Waals surface area contributed by atoms with Gasteiger partial charge in [-0.05, 0) is 44.5 Å². The van der Waals surface area contributed by atoms with Gasteiger partial charge in [-0.15, -0.1) is 0 Å². The summed E-state index contributed by atoms with van der Waals surface area (Å²) < 4.78 is 5.54. The minimum atomic E-state index is 0.161. The highest BCUT2D eigenvalue weighted by Crippen LogP contribution is 2.16. The van der Waals surface area contributed by atoms with Crippen LogP contribution in [0.5, 0.6) is 5.75 Å². The van der Waals surface area contributed by atoms with E-state index in [-0.39, 0.29) is 11.9 Å². The molecular weight excluding hydrogens is 224 g/mol. The fourth-order valence-corrected chi connectivity index (χ4v) is 1.78. The third-order valence-corrected chi connectivity index (χ3v) is 2.70. The maximum Gasteiger partial charge on any atom is 0.162 e. The van der Waals surface area contributed by atoms with Crippen LogP contribution in [-0.2, 0) is 0 Å². The molecule has 0 saturated heterocycles. The number of ether oxygens (including phenoxy) is 1. The van der Waals surface area contributed by atoms with Crippen molar-refractivity contribution in [2.45, 2.75) is 52.1 Å². The van der Waals surface area contributed by atoms with Crippen molar-refractivity contribution in [1.82, 2.24) is 0 Å². The van der Waals surface area contributed by atoms with Crippen LogP contribution in [0.4, 0.5) is 0 Å². The molecule has 0 saturated carbocycles. The summed E-state index contributed by atoms with van der Waals surface area (Å²) in [6.07, 6.45) is 4.89. The maximum atomic E-state index is 11.9. The lowest BCUT2D eigenvalue weighted by molar-refractivity contribution is 0.0979. The van der Waals surface area contributed by atoms with Gasteiger partial charge in [0.1, 0.15) is 5.75 Å². The molecule has 1 radical (unpaired) electrons. The molecule has 1 rings (SSSR count). The van der Waals surface area contributed by atoms with Gasteiger partial charge in [0.05, 0.1) is 6.10 Å². The number of unbranched alkanes of at least 4 members (excludes halogenated alkanes) is 3. The van der Waals surface area contributed by atoms with Crippen molar-refractivity contribution in [3.05, 3.63) is 36.8 Å². The molecule has 1 aromatic carbocycles. The Hall–Kier alpha value is -1.31. The summed E-state index contributed by atoms with van der Waals surface area (Å²) in [6, 6.07) is 7.43. The summed E-state index contributed by atoms with van der Waals surface area (Å²) >= 11 is 0. The van der Waals surface area contributed by atoms with Crippen molar-refractivity contribution >= 4 is 5.78 Å². The van der Waals surface area contributed by atoms with Crippen LogP contribution >= 0.6 is 0 Å². The van der Waals surface area contributed by atoms with E-state index in [0.29, 0.717) is 6.42 Å². The van der Waals surface area contributed by atoms with E-state index in [0.717, 1.165) is 37.0 Å². The Kier molecular flexibility index (Phi) is 6.48. The van der Waals surface area contributed by atoms with E-state index in [1.807, 2.05) is 38.1 Å². The van der Waals surface area contributed by atoms with Gasteiger partial charge in [0.25, 0.3) is 0 Å². The minimum absolute atomic E-state index is 0.161. The lowest BCUT2D eigenvalue weighted by atomic mass is 10.0. The standard InChI is InChI=1S/C16H23O2/c1-4-5-6-7-8-16(17)14-9-11-15(12-10-14)18-13(2)3/h9-13H,1,4-8H2,2-3H3. The van der Waals surface area contributed by atoms with Crippen LogP contribution in [0, 0.1) is 6.92 Å². The molecule has 2 heteroatoms. The Balaban J connectivity index is 2.43. The summed E-state index contributed by atoms with van der Waals surface area (Å²) in [6.45, 7) is 7.77. The SMILES string of the molecule is [CH2]CCCCCC(=O)c1ccc(OC(C)C)cc1. The molecule has 0 atom stereocenters. The molecule has 0 aliphatic carbocycles. The Morgan fingerprint density at radius 2 is 1.83 bits per heavy atom. The van der Waals surface area contributed by atoms with Gasteiger partial charge < -0.3 is 4.74 Å². The van der Waals surface area contributed by atoms with Crippen molar-refractivity contribution in [3.8, 4) is 5.75 Å². The molecule has 0 aromatic heterocycles. The average Bonchev–Trinajstić information content (AvgIpc) is 2.34. The molecule has 18 heavy (non-hydrogen) atoms. The van der Waals surface area contributed by atoms with Crippen LogP contribution in [0.1, 0.15) is 56.3 Å². The zero-order valence-corrected chi connectivity index (χ0v) is 11.4. The Labute approximate surface area is 110 Å². The molecule has 2 nitrogen and oxygen atoms in total. The summed E-state index contributed by atoms with van der Waals surface area (Å²) in [5.41, 5.74) is 0.778. The zero-order chi connectivity index (χ0) is 13.4. The monoisotopic (exact) mass is 247 g/mol. The third-order valence-electron chi connectivity index (χ3n) is 2.70. The first-order valence-electron chi connectivity index (χ1n) is 6.72. The van der Waals surface area contributed by atoms with E-state index < -0.39 is 0 Å². The number of hydrogen-bond acceptors (Lipinski definition) is 2. The van der Waals surface area contributed by atoms with Gasteiger partial charge in [-0.3, -0.25) is 4.79 Å².